The van der Waals surface area contributed by atoms with Gasteiger partial charge >= 0.3 is 0 Å². The van der Waals surface area contributed by atoms with Gasteiger partial charge in [0.15, 0.2) is 0 Å². The lowest BCUT2D eigenvalue weighted by molar-refractivity contribution is 0.410. The highest BCUT2D eigenvalue weighted by Gasteiger charge is 2.02. The number of benzene rings is 2. The van der Waals surface area contributed by atoms with Crippen LogP contribution in [0.25, 0.3) is 0 Å². The van der Waals surface area contributed by atoms with Crippen molar-refractivity contribution in [1.29, 1.82) is 0 Å². The molecule has 5 heteroatoms. The highest BCUT2D eigenvalue weighted by Crippen LogP contribution is 2.18. The second-order valence-corrected chi connectivity index (χ2v) is 5.62. The maximum Gasteiger partial charge on any atom is 0.131 e. The summed E-state index contributed by atoms with van der Waals surface area (Å²) in [6.07, 6.45) is 2.43. The Morgan fingerprint density at radius 2 is 1.60 bits per heavy atom. The number of rotatable bonds is 8. The first kappa shape index (κ1) is 16.8. The molecule has 0 fully saturated rings. The zero-order chi connectivity index (χ0) is 17.3. The SMILES string of the molecule is COc1ccccc1CCNc1cc(NCc2ccccc2)ncn1. The third-order valence-electron chi connectivity index (χ3n) is 3.88. The topological polar surface area (TPSA) is 59.1 Å². The van der Waals surface area contributed by atoms with Gasteiger partial charge in [0.2, 0.25) is 0 Å². The fraction of sp³-hybridized carbons (Fsp3) is 0.200. The lowest BCUT2D eigenvalue weighted by Crippen LogP contribution is -2.08. The largest absolute Gasteiger partial charge is 0.496 e. The molecule has 5 nitrogen and oxygen atoms in total. The molecule has 0 unspecified atom stereocenters. The number of hydrogen-bond acceptors (Lipinski definition) is 5. The number of methoxy groups -OCH3 is 1. The first-order chi connectivity index (χ1) is 12.3. The predicted octanol–water partition coefficient (Wildman–Crippen LogP) is 3.75. The van der Waals surface area contributed by atoms with Gasteiger partial charge < -0.3 is 15.4 Å². The molecule has 0 aliphatic rings. The lowest BCUT2D eigenvalue weighted by Gasteiger charge is -2.10. The molecular weight excluding hydrogens is 312 g/mol. The van der Waals surface area contributed by atoms with Crippen LogP contribution in [0.15, 0.2) is 67.0 Å². The van der Waals surface area contributed by atoms with Crippen molar-refractivity contribution in [3.8, 4) is 5.75 Å². The van der Waals surface area contributed by atoms with Crippen LogP contribution in [0, 0.1) is 0 Å². The van der Waals surface area contributed by atoms with E-state index >= 15 is 0 Å². The summed E-state index contributed by atoms with van der Waals surface area (Å²) >= 11 is 0. The standard InChI is InChI=1S/C20H22N4O/c1-25-18-10-6-5-9-17(18)11-12-21-19-13-20(24-15-23-19)22-14-16-7-3-2-4-8-16/h2-10,13,15H,11-12,14H2,1H3,(H2,21,22,23,24). The van der Waals surface area contributed by atoms with Crippen molar-refractivity contribution >= 4 is 11.6 Å². The first-order valence-corrected chi connectivity index (χ1v) is 8.31. The highest BCUT2D eigenvalue weighted by molar-refractivity contribution is 5.47. The van der Waals surface area contributed by atoms with E-state index in [9.17, 15) is 0 Å². The van der Waals surface area contributed by atoms with E-state index in [0.29, 0.717) is 0 Å². The molecular formula is C20H22N4O. The molecule has 1 aromatic heterocycles. The van der Waals surface area contributed by atoms with Crippen molar-refractivity contribution in [3.63, 3.8) is 0 Å². The van der Waals surface area contributed by atoms with Crippen molar-refractivity contribution in [2.45, 2.75) is 13.0 Å². The Morgan fingerprint density at radius 3 is 2.40 bits per heavy atom. The molecule has 1 heterocycles. The summed E-state index contributed by atoms with van der Waals surface area (Å²) in [6, 6.07) is 20.2. The van der Waals surface area contributed by atoms with Crippen molar-refractivity contribution < 1.29 is 4.74 Å². The van der Waals surface area contributed by atoms with Crippen LogP contribution in [0.4, 0.5) is 11.6 Å². The summed E-state index contributed by atoms with van der Waals surface area (Å²) in [7, 11) is 1.70. The van der Waals surface area contributed by atoms with E-state index in [2.05, 4.69) is 38.8 Å². The van der Waals surface area contributed by atoms with Gasteiger partial charge in [0.05, 0.1) is 7.11 Å². The van der Waals surface area contributed by atoms with Gasteiger partial charge in [-0.15, -0.1) is 0 Å². The van der Waals surface area contributed by atoms with Crippen molar-refractivity contribution in [3.05, 3.63) is 78.1 Å². The molecule has 25 heavy (non-hydrogen) atoms. The Labute approximate surface area is 148 Å². The zero-order valence-electron chi connectivity index (χ0n) is 14.3. The molecule has 0 saturated carbocycles. The van der Waals surface area contributed by atoms with Gasteiger partial charge in [-0.3, -0.25) is 0 Å². The predicted molar refractivity (Wildman–Crippen MR) is 101 cm³/mol. The molecule has 2 aromatic carbocycles. The summed E-state index contributed by atoms with van der Waals surface area (Å²) in [4.78, 5) is 8.54. The number of nitrogens with one attached hydrogen (secondary N) is 2. The molecule has 2 N–H and O–H groups in total. The van der Waals surface area contributed by atoms with Crippen molar-refractivity contribution in [2.75, 3.05) is 24.3 Å². The van der Waals surface area contributed by atoms with Gasteiger partial charge in [-0.1, -0.05) is 48.5 Å². The summed E-state index contributed by atoms with van der Waals surface area (Å²) in [5.41, 5.74) is 2.39. The maximum absolute atomic E-state index is 5.38. The number of aromatic nitrogens is 2. The third kappa shape index (κ3) is 4.94. The molecule has 128 valence electrons. The summed E-state index contributed by atoms with van der Waals surface area (Å²) in [5.74, 6) is 2.52. The van der Waals surface area contributed by atoms with E-state index in [1.54, 1.807) is 13.4 Å². The monoisotopic (exact) mass is 334 g/mol. The molecule has 0 amide bonds. The summed E-state index contributed by atoms with van der Waals surface area (Å²) < 4.78 is 5.38. The Hall–Kier alpha value is -3.08. The molecule has 0 radical (unpaired) electrons. The Kier molecular flexibility index (Phi) is 5.82. The van der Waals surface area contributed by atoms with Crippen LogP contribution >= 0.6 is 0 Å². The van der Waals surface area contributed by atoms with Crippen LogP contribution in [0.2, 0.25) is 0 Å². The van der Waals surface area contributed by atoms with Crippen LogP contribution in [0.1, 0.15) is 11.1 Å². The Balaban J connectivity index is 1.53. The van der Waals surface area contributed by atoms with E-state index in [1.165, 1.54) is 11.1 Å². The Morgan fingerprint density at radius 1 is 0.880 bits per heavy atom. The first-order valence-electron chi connectivity index (χ1n) is 8.31. The lowest BCUT2D eigenvalue weighted by atomic mass is 10.1. The minimum atomic E-state index is 0.735. The number of ether oxygens (including phenoxy) is 1. The van der Waals surface area contributed by atoms with Crippen LogP contribution < -0.4 is 15.4 Å². The Bertz CT molecular complexity index is 792. The molecule has 0 aliphatic heterocycles. The second-order valence-electron chi connectivity index (χ2n) is 5.62. The second kappa shape index (κ2) is 8.68. The number of para-hydroxylation sites is 1. The molecule has 3 rings (SSSR count). The molecule has 0 spiro atoms. The average molecular weight is 334 g/mol. The molecule has 0 atom stereocenters. The quantitative estimate of drug-likeness (QED) is 0.657. The zero-order valence-corrected chi connectivity index (χ0v) is 14.3. The molecule has 0 aliphatic carbocycles. The van der Waals surface area contributed by atoms with Gasteiger partial charge in [-0.2, -0.15) is 0 Å². The average Bonchev–Trinajstić information content (AvgIpc) is 2.68. The smallest absolute Gasteiger partial charge is 0.131 e. The highest BCUT2D eigenvalue weighted by atomic mass is 16.5. The number of hydrogen-bond donors (Lipinski definition) is 2. The summed E-state index contributed by atoms with van der Waals surface area (Å²) in [5, 5.41) is 6.65. The number of nitrogens with zero attached hydrogens (tertiary/aromatic N) is 2. The minimum absolute atomic E-state index is 0.735. The van der Waals surface area contributed by atoms with Gasteiger partial charge in [0.25, 0.3) is 0 Å². The third-order valence-corrected chi connectivity index (χ3v) is 3.88. The maximum atomic E-state index is 5.38. The van der Waals surface area contributed by atoms with Gasteiger partial charge in [-0.25, -0.2) is 9.97 Å². The van der Waals surface area contributed by atoms with Gasteiger partial charge in [0, 0.05) is 19.2 Å². The summed E-state index contributed by atoms with van der Waals surface area (Å²) in [6.45, 7) is 1.51. The van der Waals surface area contributed by atoms with Gasteiger partial charge in [0.1, 0.15) is 23.7 Å². The van der Waals surface area contributed by atoms with Crippen LogP contribution in [-0.4, -0.2) is 23.6 Å². The van der Waals surface area contributed by atoms with E-state index in [0.717, 1.165) is 36.9 Å². The van der Waals surface area contributed by atoms with Crippen LogP contribution in [-0.2, 0) is 13.0 Å². The van der Waals surface area contributed by atoms with Crippen molar-refractivity contribution in [1.82, 2.24) is 9.97 Å². The fourth-order valence-electron chi connectivity index (χ4n) is 2.57. The van der Waals surface area contributed by atoms with E-state index in [4.69, 9.17) is 4.74 Å². The molecule has 3 aromatic rings. The number of anilines is 2. The van der Waals surface area contributed by atoms with Crippen LogP contribution in [0.3, 0.4) is 0 Å². The van der Waals surface area contributed by atoms with Crippen molar-refractivity contribution in [2.24, 2.45) is 0 Å². The molecule has 0 bridgehead atoms. The van der Waals surface area contributed by atoms with E-state index < -0.39 is 0 Å². The van der Waals surface area contributed by atoms with Crippen LogP contribution in [0.5, 0.6) is 5.75 Å². The van der Waals surface area contributed by atoms with Gasteiger partial charge in [-0.05, 0) is 23.6 Å². The minimum Gasteiger partial charge on any atom is -0.496 e. The molecule has 0 saturated heterocycles. The fourth-order valence-corrected chi connectivity index (χ4v) is 2.57. The van der Waals surface area contributed by atoms with E-state index in [-0.39, 0.29) is 0 Å². The normalized spacial score (nSPS) is 10.3. The van der Waals surface area contributed by atoms with E-state index in [1.807, 2.05) is 42.5 Å².